The topological polar surface area (TPSA) is 225 Å². The van der Waals surface area contributed by atoms with Gasteiger partial charge in [-0.1, -0.05) is 6.92 Å². The van der Waals surface area contributed by atoms with Gasteiger partial charge in [0.2, 0.25) is 0 Å². The van der Waals surface area contributed by atoms with Gasteiger partial charge >= 0.3 is 5.97 Å². The number of hydrogen-bond acceptors (Lipinski definition) is 14. The molecule has 6 fully saturated rings. The lowest BCUT2D eigenvalue weighted by molar-refractivity contribution is -0.360. The van der Waals surface area contributed by atoms with Gasteiger partial charge in [0.15, 0.2) is 12.6 Å². The van der Waals surface area contributed by atoms with Crippen molar-refractivity contribution in [2.75, 3.05) is 19.8 Å². The van der Waals surface area contributed by atoms with Gasteiger partial charge in [0, 0.05) is 18.1 Å². The fraction of sp³-hybridized carbons (Fsp3) is 0.914. The Kier molecular flexibility index (Phi) is 9.80. The van der Waals surface area contributed by atoms with Gasteiger partial charge in [0.05, 0.1) is 24.4 Å². The van der Waals surface area contributed by atoms with Gasteiger partial charge in [-0.2, -0.15) is 0 Å². The average Bonchev–Trinajstić information content (AvgIpc) is 3.64. The van der Waals surface area contributed by atoms with E-state index in [0.717, 1.165) is 37.7 Å². The quantitative estimate of drug-likeness (QED) is 0.121. The maximum Gasteiger partial charge on any atom is 0.331 e. The van der Waals surface area contributed by atoms with E-state index in [1.165, 1.54) is 0 Å². The number of carbonyl (C=O) groups is 1. The number of rotatable bonds is 7. The molecule has 2 saturated heterocycles. The lowest BCUT2D eigenvalue weighted by Crippen LogP contribution is -2.64. The van der Waals surface area contributed by atoms with E-state index < -0.39 is 73.6 Å². The van der Waals surface area contributed by atoms with E-state index in [4.69, 9.17) is 23.7 Å². The van der Waals surface area contributed by atoms with Crippen molar-refractivity contribution in [3.8, 4) is 0 Å². The molecule has 0 amide bonds. The molecule has 0 unspecified atom stereocenters. The van der Waals surface area contributed by atoms with Gasteiger partial charge in [0.1, 0.15) is 49.3 Å². The third-order valence-electron chi connectivity index (χ3n) is 14.2. The summed E-state index contributed by atoms with van der Waals surface area (Å²) < 4.78 is 28.7. The van der Waals surface area contributed by atoms with Crippen molar-refractivity contribution in [1.29, 1.82) is 0 Å². The van der Waals surface area contributed by atoms with Crippen molar-refractivity contribution in [3.05, 3.63) is 11.6 Å². The van der Waals surface area contributed by atoms with Gasteiger partial charge < -0.3 is 64.5 Å². The Morgan fingerprint density at radius 2 is 1.57 bits per heavy atom. The number of esters is 1. The average molecular weight is 699 g/mol. The molecule has 0 bridgehead atoms. The van der Waals surface area contributed by atoms with Crippen LogP contribution in [0.2, 0.25) is 0 Å². The maximum absolute atomic E-state index is 12.5. The molecule has 7 aliphatic rings. The molecule has 0 aromatic carbocycles. The van der Waals surface area contributed by atoms with Crippen LogP contribution >= 0.6 is 0 Å². The molecule has 278 valence electrons. The van der Waals surface area contributed by atoms with Crippen molar-refractivity contribution in [2.24, 2.45) is 34.5 Å². The summed E-state index contributed by atoms with van der Waals surface area (Å²) in [5.74, 6) is 0.104. The molecule has 18 atom stereocenters. The fourth-order valence-electron chi connectivity index (χ4n) is 11.4. The molecular formula is C35H54O14. The van der Waals surface area contributed by atoms with E-state index >= 15 is 0 Å². The third-order valence-corrected chi connectivity index (χ3v) is 14.2. The first-order valence-corrected chi connectivity index (χ1v) is 18.1. The third kappa shape index (κ3) is 5.64. The van der Waals surface area contributed by atoms with Gasteiger partial charge in [-0.3, -0.25) is 0 Å². The van der Waals surface area contributed by atoms with Gasteiger partial charge in [-0.15, -0.1) is 0 Å². The molecule has 8 N–H and O–H groups in total. The first kappa shape index (κ1) is 36.1. The molecule has 3 heterocycles. The number of ether oxygens (including phenoxy) is 5. The van der Waals surface area contributed by atoms with E-state index in [1.807, 2.05) is 0 Å². The van der Waals surface area contributed by atoms with Crippen LogP contribution in [0.15, 0.2) is 11.6 Å². The van der Waals surface area contributed by atoms with Crippen LogP contribution in [0.5, 0.6) is 0 Å². The van der Waals surface area contributed by atoms with Crippen LogP contribution in [0.4, 0.5) is 0 Å². The van der Waals surface area contributed by atoms with E-state index in [9.17, 15) is 45.6 Å². The monoisotopic (exact) mass is 698 g/mol. The summed E-state index contributed by atoms with van der Waals surface area (Å²) in [6.07, 6.45) is -5.76. The highest BCUT2D eigenvalue weighted by molar-refractivity contribution is 5.85. The highest BCUT2D eigenvalue weighted by Crippen LogP contribution is 2.70. The molecule has 4 saturated carbocycles. The van der Waals surface area contributed by atoms with Crippen molar-refractivity contribution in [3.63, 3.8) is 0 Å². The van der Waals surface area contributed by atoms with Crippen LogP contribution in [0.25, 0.3) is 0 Å². The second kappa shape index (κ2) is 13.3. The predicted molar refractivity (Wildman–Crippen MR) is 167 cm³/mol. The minimum absolute atomic E-state index is 0.0184. The van der Waals surface area contributed by atoms with Crippen LogP contribution in [-0.4, -0.2) is 140 Å². The second-order valence-corrected chi connectivity index (χ2v) is 16.2. The smallest absolute Gasteiger partial charge is 0.331 e. The molecule has 3 aliphatic heterocycles. The Morgan fingerprint density at radius 3 is 2.27 bits per heavy atom. The number of aliphatic hydroxyl groups excluding tert-OH is 7. The van der Waals surface area contributed by atoms with Gasteiger partial charge in [-0.25, -0.2) is 4.79 Å². The number of aliphatic hydroxyl groups is 8. The molecule has 14 heteroatoms. The van der Waals surface area contributed by atoms with Crippen LogP contribution < -0.4 is 0 Å². The molecule has 7 rings (SSSR count). The standard InChI is InChI=1S/C35H54O14/c1-16-30(49-32-28(42)26(40)25(39)23(13-36)48-32)27(41)29(43)31(46-16)47-19-5-9-34(15-37)18(12-19)3-4-22-21(34)6-8-33(2)20(7-10-35(22,33)44)17-11-24(38)45-14-17/h11,16,18-23,25-32,36-37,39-44H,3-10,12-15H2,1-2H3/t16-,18-,19-,20-,21-,22+,23-,25-,26+,27-,28-,29-,30-,31+,32+,33+,34+,35-/m0/s1. The summed E-state index contributed by atoms with van der Waals surface area (Å²) in [6.45, 7) is 3.47. The Labute approximate surface area is 285 Å². The lowest BCUT2D eigenvalue weighted by Gasteiger charge is -2.64. The normalized spacial score (nSPS) is 54.4. The fourth-order valence-corrected chi connectivity index (χ4v) is 11.4. The second-order valence-electron chi connectivity index (χ2n) is 16.2. The molecule has 14 nitrogen and oxygen atoms in total. The molecular weight excluding hydrogens is 644 g/mol. The van der Waals surface area contributed by atoms with E-state index in [-0.39, 0.29) is 53.2 Å². The molecule has 0 aromatic rings. The van der Waals surface area contributed by atoms with Crippen LogP contribution in [0.1, 0.15) is 71.6 Å². The lowest BCUT2D eigenvalue weighted by atomic mass is 9.43. The Balaban J connectivity index is 0.995. The zero-order valence-corrected chi connectivity index (χ0v) is 28.3. The van der Waals surface area contributed by atoms with E-state index in [1.54, 1.807) is 13.0 Å². The first-order valence-electron chi connectivity index (χ1n) is 18.1. The first-order chi connectivity index (χ1) is 23.3. The predicted octanol–water partition coefficient (Wildman–Crippen LogP) is -0.747. The van der Waals surface area contributed by atoms with E-state index in [0.29, 0.717) is 32.3 Å². The summed E-state index contributed by atoms with van der Waals surface area (Å²) >= 11 is 0. The van der Waals surface area contributed by atoms with Crippen molar-refractivity contribution in [1.82, 2.24) is 0 Å². The summed E-state index contributed by atoms with van der Waals surface area (Å²) in [7, 11) is 0. The van der Waals surface area contributed by atoms with Crippen molar-refractivity contribution < 1.29 is 69.3 Å². The minimum atomic E-state index is -1.67. The minimum Gasteiger partial charge on any atom is -0.458 e. The van der Waals surface area contributed by atoms with Gasteiger partial charge in [-0.05, 0) is 99.4 Å². The van der Waals surface area contributed by atoms with Crippen molar-refractivity contribution >= 4 is 5.97 Å². The van der Waals surface area contributed by atoms with Crippen LogP contribution in [0.3, 0.4) is 0 Å². The SMILES string of the molecule is C[C@@H]1O[C@H](O[C@H]2CC[C@@]3(CO)[C@@H](CC[C@@H]4[C@@H]3CC[C@]3(C)[C@H](C5=CC(=O)OC5)CC[C@]43O)C2)[C@@H](O)[C@H](O)[C@H]1O[C@H]1O[C@@H](CO)[C@H](O)[C@@H](O)[C@@H]1O. The Hall–Kier alpha value is -1.27. The highest BCUT2D eigenvalue weighted by atomic mass is 16.7. The molecule has 0 aromatic heterocycles. The molecule has 4 aliphatic carbocycles. The Bertz CT molecular complexity index is 1260. The summed E-state index contributed by atoms with van der Waals surface area (Å²) in [5.41, 5.74) is -0.641. The molecule has 49 heavy (non-hydrogen) atoms. The Morgan fingerprint density at radius 1 is 0.837 bits per heavy atom. The maximum atomic E-state index is 12.5. The number of hydrogen-bond donors (Lipinski definition) is 8. The molecule has 0 spiro atoms. The highest BCUT2D eigenvalue weighted by Gasteiger charge is 2.68. The molecule has 0 radical (unpaired) electrons. The van der Waals surface area contributed by atoms with E-state index in [2.05, 4.69) is 6.92 Å². The number of fused-ring (bicyclic) bond motifs is 5. The summed E-state index contributed by atoms with van der Waals surface area (Å²) in [5, 5.41) is 85.8. The largest absolute Gasteiger partial charge is 0.458 e. The summed E-state index contributed by atoms with van der Waals surface area (Å²) in [4.78, 5) is 11.9. The van der Waals surface area contributed by atoms with Crippen LogP contribution in [-0.2, 0) is 28.5 Å². The number of cyclic esters (lactones) is 1. The summed E-state index contributed by atoms with van der Waals surface area (Å²) in [6, 6.07) is 0. The zero-order chi connectivity index (χ0) is 35.0. The zero-order valence-electron chi connectivity index (χ0n) is 28.3. The van der Waals surface area contributed by atoms with Gasteiger partial charge in [0.25, 0.3) is 0 Å². The van der Waals surface area contributed by atoms with Crippen LogP contribution in [0, 0.1) is 34.5 Å². The number of carbonyl (C=O) groups excluding carboxylic acids is 1. The van der Waals surface area contributed by atoms with Crippen molar-refractivity contribution in [2.45, 2.75) is 145 Å².